The lowest BCUT2D eigenvalue weighted by Crippen LogP contribution is -2.34. The number of amidine groups is 1. The molecule has 1 atom stereocenters. The third kappa shape index (κ3) is 3.65. The highest BCUT2D eigenvalue weighted by Gasteiger charge is 2.26. The van der Waals surface area contributed by atoms with Crippen LogP contribution >= 0.6 is 0 Å². The van der Waals surface area contributed by atoms with E-state index in [0.29, 0.717) is 5.56 Å². The van der Waals surface area contributed by atoms with Gasteiger partial charge >= 0.3 is 6.09 Å². The number of alkyl carbamates (subject to hydrolysis) is 1. The van der Waals surface area contributed by atoms with E-state index in [4.69, 9.17) is 15.7 Å². The maximum atomic E-state index is 11.8. The monoisotopic (exact) mass is 291 g/mol. The molecule has 0 bridgehead atoms. The van der Waals surface area contributed by atoms with Gasteiger partial charge in [0.2, 0.25) is 0 Å². The number of aryl methyl sites for hydroxylation is 1. The Morgan fingerprint density at radius 3 is 2.81 bits per heavy atom. The molecule has 0 spiro atoms. The van der Waals surface area contributed by atoms with Gasteiger partial charge in [-0.2, -0.15) is 0 Å². The zero-order valence-electron chi connectivity index (χ0n) is 12.5. The van der Waals surface area contributed by atoms with Crippen molar-refractivity contribution in [3.63, 3.8) is 0 Å². The molecular weight excluding hydrogens is 270 g/mol. The number of amides is 1. The van der Waals surface area contributed by atoms with Crippen LogP contribution in [-0.4, -0.2) is 22.7 Å². The number of fused-ring (bicyclic) bond motifs is 1. The quantitative estimate of drug-likeness (QED) is 0.337. The molecule has 21 heavy (non-hydrogen) atoms. The summed E-state index contributed by atoms with van der Waals surface area (Å²) >= 11 is 0. The Labute approximate surface area is 124 Å². The van der Waals surface area contributed by atoms with Crippen LogP contribution in [0.15, 0.2) is 23.4 Å². The zero-order valence-corrected chi connectivity index (χ0v) is 12.5. The van der Waals surface area contributed by atoms with Crippen molar-refractivity contribution in [2.45, 2.75) is 45.3 Å². The highest BCUT2D eigenvalue weighted by atomic mass is 16.6. The van der Waals surface area contributed by atoms with Gasteiger partial charge < -0.3 is 21.0 Å². The second-order valence-corrected chi connectivity index (χ2v) is 6.14. The normalized spacial score (nSPS) is 18.2. The van der Waals surface area contributed by atoms with Crippen molar-refractivity contribution in [1.82, 2.24) is 5.32 Å². The molecule has 2 rings (SSSR count). The molecule has 114 valence electrons. The van der Waals surface area contributed by atoms with Crippen molar-refractivity contribution in [3.8, 4) is 0 Å². The molecule has 0 saturated carbocycles. The number of oxime groups is 1. The third-order valence-corrected chi connectivity index (χ3v) is 3.32. The second-order valence-electron chi connectivity index (χ2n) is 6.14. The zero-order chi connectivity index (χ0) is 15.6. The first-order valence-corrected chi connectivity index (χ1v) is 6.90. The predicted octanol–water partition coefficient (Wildman–Crippen LogP) is 2.29. The lowest BCUT2D eigenvalue weighted by Gasteiger charge is -2.22. The first-order valence-electron chi connectivity index (χ1n) is 6.90. The van der Waals surface area contributed by atoms with Gasteiger partial charge in [-0.1, -0.05) is 17.3 Å². The van der Waals surface area contributed by atoms with Crippen molar-refractivity contribution in [1.29, 1.82) is 0 Å². The van der Waals surface area contributed by atoms with E-state index >= 15 is 0 Å². The van der Waals surface area contributed by atoms with Gasteiger partial charge in [0, 0.05) is 5.56 Å². The molecule has 0 saturated heterocycles. The van der Waals surface area contributed by atoms with E-state index < -0.39 is 11.7 Å². The molecule has 0 aliphatic heterocycles. The Morgan fingerprint density at radius 1 is 1.48 bits per heavy atom. The molecule has 1 aliphatic rings. The first kappa shape index (κ1) is 15.2. The molecule has 4 N–H and O–H groups in total. The fourth-order valence-corrected chi connectivity index (χ4v) is 2.43. The SMILES string of the molecule is CC(C)(C)OC(=O)NC1CCc2cc(/C(N)=N/O)ccc21. The number of nitrogens with one attached hydrogen (secondary N) is 1. The van der Waals surface area contributed by atoms with Crippen molar-refractivity contribution in [3.05, 3.63) is 34.9 Å². The lowest BCUT2D eigenvalue weighted by molar-refractivity contribution is 0.0503. The van der Waals surface area contributed by atoms with Crippen LogP contribution < -0.4 is 11.1 Å². The number of nitrogens with zero attached hydrogens (tertiary/aromatic N) is 1. The van der Waals surface area contributed by atoms with E-state index in [-0.39, 0.29) is 11.9 Å². The minimum Gasteiger partial charge on any atom is -0.444 e. The van der Waals surface area contributed by atoms with Crippen LogP contribution in [0.4, 0.5) is 4.79 Å². The molecule has 1 unspecified atom stereocenters. The van der Waals surface area contributed by atoms with Crippen LogP contribution in [0.2, 0.25) is 0 Å². The summed E-state index contributed by atoms with van der Waals surface area (Å²) in [5, 5.41) is 14.6. The maximum Gasteiger partial charge on any atom is 0.408 e. The molecule has 0 fully saturated rings. The van der Waals surface area contributed by atoms with Gasteiger partial charge in [-0.3, -0.25) is 0 Å². The van der Waals surface area contributed by atoms with Gasteiger partial charge in [0.05, 0.1) is 6.04 Å². The summed E-state index contributed by atoms with van der Waals surface area (Å²) < 4.78 is 5.27. The molecule has 1 aromatic rings. The highest BCUT2D eigenvalue weighted by molar-refractivity contribution is 5.97. The van der Waals surface area contributed by atoms with Gasteiger partial charge in [-0.25, -0.2) is 4.79 Å². The Hall–Kier alpha value is -2.24. The Morgan fingerprint density at radius 2 is 2.19 bits per heavy atom. The van der Waals surface area contributed by atoms with E-state index in [1.165, 1.54) is 0 Å². The molecule has 6 nitrogen and oxygen atoms in total. The second kappa shape index (κ2) is 5.63. The maximum absolute atomic E-state index is 11.8. The number of rotatable bonds is 2. The average Bonchev–Trinajstić information content (AvgIpc) is 2.78. The summed E-state index contributed by atoms with van der Waals surface area (Å²) in [4.78, 5) is 11.8. The molecule has 0 heterocycles. The predicted molar refractivity (Wildman–Crippen MR) is 79.4 cm³/mol. The van der Waals surface area contributed by atoms with E-state index in [1.807, 2.05) is 32.9 Å². The smallest absolute Gasteiger partial charge is 0.408 e. The van der Waals surface area contributed by atoms with Crippen LogP contribution in [0.3, 0.4) is 0 Å². The summed E-state index contributed by atoms with van der Waals surface area (Å²) in [5.74, 6) is 0.0846. The van der Waals surface area contributed by atoms with Crippen molar-refractivity contribution < 1.29 is 14.7 Å². The van der Waals surface area contributed by atoms with Crippen LogP contribution in [0.25, 0.3) is 0 Å². The van der Waals surface area contributed by atoms with Gasteiger partial charge in [0.25, 0.3) is 0 Å². The van der Waals surface area contributed by atoms with E-state index in [2.05, 4.69) is 10.5 Å². The third-order valence-electron chi connectivity index (χ3n) is 3.32. The summed E-state index contributed by atoms with van der Waals surface area (Å²) in [6.07, 6.45) is 1.23. The standard InChI is InChI=1S/C15H21N3O3/c1-15(2,3)21-14(19)17-12-7-5-9-8-10(13(16)18-20)4-6-11(9)12/h4,6,8,12,20H,5,7H2,1-3H3,(H2,16,18)(H,17,19). The fraction of sp³-hybridized carbons (Fsp3) is 0.467. The Balaban J connectivity index is 2.11. The summed E-state index contributed by atoms with van der Waals surface area (Å²) in [6.45, 7) is 5.50. The molecule has 1 aromatic carbocycles. The number of carbonyl (C=O) groups excluding carboxylic acids is 1. The number of hydrogen-bond acceptors (Lipinski definition) is 4. The van der Waals surface area contributed by atoms with Crippen LogP contribution in [0, 0.1) is 0 Å². The van der Waals surface area contributed by atoms with Gasteiger partial charge in [0.15, 0.2) is 5.84 Å². The molecule has 1 aliphatic carbocycles. The highest BCUT2D eigenvalue weighted by Crippen LogP contribution is 2.32. The van der Waals surface area contributed by atoms with E-state index in [9.17, 15) is 4.79 Å². The topological polar surface area (TPSA) is 96.9 Å². The fourth-order valence-electron chi connectivity index (χ4n) is 2.43. The number of hydrogen-bond donors (Lipinski definition) is 3. The summed E-state index contributed by atoms with van der Waals surface area (Å²) in [6, 6.07) is 5.51. The van der Waals surface area contributed by atoms with Gasteiger partial charge in [-0.05, 0) is 50.8 Å². The average molecular weight is 291 g/mol. The van der Waals surface area contributed by atoms with Crippen molar-refractivity contribution in [2.75, 3.05) is 0 Å². The molecule has 6 heteroatoms. The lowest BCUT2D eigenvalue weighted by atomic mass is 10.0. The van der Waals surface area contributed by atoms with Gasteiger partial charge in [-0.15, -0.1) is 0 Å². The van der Waals surface area contributed by atoms with E-state index in [0.717, 1.165) is 24.0 Å². The van der Waals surface area contributed by atoms with Crippen molar-refractivity contribution >= 4 is 11.9 Å². The summed E-state index contributed by atoms with van der Waals surface area (Å²) in [7, 11) is 0. The van der Waals surface area contributed by atoms with Crippen LogP contribution in [0.5, 0.6) is 0 Å². The van der Waals surface area contributed by atoms with Crippen LogP contribution in [0.1, 0.15) is 49.9 Å². The first-order chi connectivity index (χ1) is 9.80. The summed E-state index contributed by atoms with van der Waals surface area (Å²) in [5.41, 5.74) is 7.89. The van der Waals surface area contributed by atoms with E-state index in [1.54, 1.807) is 6.07 Å². The van der Waals surface area contributed by atoms with Crippen molar-refractivity contribution in [2.24, 2.45) is 10.9 Å². The largest absolute Gasteiger partial charge is 0.444 e. The minimum atomic E-state index is -0.512. The van der Waals surface area contributed by atoms with Crippen LogP contribution in [-0.2, 0) is 11.2 Å². The Kier molecular flexibility index (Phi) is 4.06. The molecule has 0 radical (unpaired) electrons. The number of benzene rings is 1. The number of carbonyl (C=O) groups is 1. The number of ether oxygens (including phenoxy) is 1. The molecule has 0 aromatic heterocycles. The minimum absolute atomic E-state index is 0.0591. The Bertz CT molecular complexity index is 576. The molecule has 1 amide bonds. The van der Waals surface area contributed by atoms with Gasteiger partial charge in [0.1, 0.15) is 5.60 Å². The molecular formula is C15H21N3O3. The number of nitrogens with two attached hydrogens (primary N) is 1.